The van der Waals surface area contributed by atoms with Gasteiger partial charge in [0.15, 0.2) is 0 Å². The van der Waals surface area contributed by atoms with Gasteiger partial charge in [0.1, 0.15) is 4.75 Å². The molecule has 1 unspecified atom stereocenters. The number of hydrogen-bond acceptors (Lipinski definition) is 3. The summed E-state index contributed by atoms with van der Waals surface area (Å²) in [5.41, 5.74) is 0.885. The average Bonchev–Trinajstić information content (AvgIpc) is 2.15. The molecule has 1 aromatic rings. The molecule has 1 N–H and O–H groups in total. The van der Waals surface area contributed by atoms with Crippen LogP contribution < -0.4 is 4.72 Å². The van der Waals surface area contributed by atoms with Crippen LogP contribution in [0.2, 0.25) is 0 Å². The molecule has 0 bridgehead atoms. The first-order valence-electron chi connectivity index (χ1n) is 4.65. The fourth-order valence-corrected chi connectivity index (χ4v) is 1.81. The van der Waals surface area contributed by atoms with E-state index in [4.69, 9.17) is 0 Å². The minimum absolute atomic E-state index is 0.241. The van der Waals surface area contributed by atoms with Crippen LogP contribution >= 0.6 is 15.9 Å². The lowest BCUT2D eigenvalue weighted by Crippen LogP contribution is -2.39. The van der Waals surface area contributed by atoms with E-state index in [2.05, 4.69) is 25.6 Å². The third-order valence-electron chi connectivity index (χ3n) is 1.73. The molecule has 0 radical (unpaired) electrons. The van der Waals surface area contributed by atoms with Crippen molar-refractivity contribution in [3.05, 3.63) is 28.5 Å². The molecule has 0 aliphatic heterocycles. The maximum Gasteiger partial charge on any atom is 0.136 e. The number of rotatable bonds is 3. The molecule has 5 heteroatoms. The van der Waals surface area contributed by atoms with Crippen molar-refractivity contribution >= 4 is 27.3 Å². The summed E-state index contributed by atoms with van der Waals surface area (Å²) >= 11 is 2.27. The highest BCUT2D eigenvalue weighted by Crippen LogP contribution is 2.14. The van der Waals surface area contributed by atoms with Crippen molar-refractivity contribution in [3.63, 3.8) is 0 Å². The van der Waals surface area contributed by atoms with Gasteiger partial charge in [-0.1, -0.05) is 0 Å². The standard InChI is InChI=1S/C10H15BrN2OS/c1-10(2,3)15(14)13-7-9-5-4-8(11)6-12-9/h4-6,13H,7H2,1-3H3. The number of halogens is 1. The average molecular weight is 291 g/mol. The molecule has 0 fully saturated rings. The molecule has 0 aliphatic rings. The van der Waals surface area contributed by atoms with Crippen molar-refractivity contribution in [1.82, 2.24) is 9.71 Å². The maximum atomic E-state index is 11.7. The Kier molecular flexibility index (Phi) is 4.58. The highest BCUT2D eigenvalue weighted by atomic mass is 79.9. The van der Waals surface area contributed by atoms with Gasteiger partial charge in [-0.25, -0.2) is 0 Å². The molecule has 1 rings (SSSR count). The Balaban J connectivity index is 2.47. The van der Waals surface area contributed by atoms with Crippen LogP contribution in [0.3, 0.4) is 0 Å². The second-order valence-electron chi connectivity index (χ2n) is 4.17. The molecule has 3 nitrogen and oxygen atoms in total. The summed E-state index contributed by atoms with van der Waals surface area (Å²) in [5.74, 6) is 0. The fourth-order valence-electron chi connectivity index (χ4n) is 0.867. The van der Waals surface area contributed by atoms with Gasteiger partial charge in [0.05, 0.1) is 12.2 Å². The number of hydrogen-bond donors (Lipinski definition) is 1. The monoisotopic (exact) mass is 290 g/mol. The van der Waals surface area contributed by atoms with Crippen LogP contribution in [-0.4, -0.2) is 14.3 Å². The second kappa shape index (κ2) is 5.30. The Morgan fingerprint density at radius 1 is 1.47 bits per heavy atom. The zero-order valence-electron chi connectivity index (χ0n) is 9.08. The van der Waals surface area contributed by atoms with Gasteiger partial charge < -0.3 is 4.55 Å². The predicted octanol–water partition coefficient (Wildman–Crippen LogP) is 2.40. The van der Waals surface area contributed by atoms with Crippen LogP contribution in [0.5, 0.6) is 0 Å². The first-order chi connectivity index (χ1) is 6.89. The molecular formula is C10H15BrN2OS. The zero-order valence-corrected chi connectivity index (χ0v) is 11.5. The second-order valence-corrected chi connectivity index (χ2v) is 7.14. The minimum Gasteiger partial charge on any atom is -0.598 e. The maximum absolute atomic E-state index is 11.7. The van der Waals surface area contributed by atoms with Crippen LogP contribution in [0.15, 0.2) is 22.8 Å². The quantitative estimate of drug-likeness (QED) is 0.870. The number of pyridine rings is 1. The van der Waals surface area contributed by atoms with E-state index in [-0.39, 0.29) is 4.75 Å². The summed E-state index contributed by atoms with van der Waals surface area (Å²) < 4.78 is 15.3. The largest absolute Gasteiger partial charge is 0.598 e. The summed E-state index contributed by atoms with van der Waals surface area (Å²) in [6.45, 7) is 6.33. The Morgan fingerprint density at radius 2 is 2.13 bits per heavy atom. The molecular weight excluding hydrogens is 276 g/mol. The van der Waals surface area contributed by atoms with E-state index in [9.17, 15) is 4.55 Å². The first-order valence-corrected chi connectivity index (χ1v) is 6.59. The fraction of sp³-hybridized carbons (Fsp3) is 0.500. The van der Waals surface area contributed by atoms with Crippen LogP contribution in [0, 0.1) is 0 Å². The summed E-state index contributed by atoms with van der Waals surface area (Å²) in [5, 5.41) is 0. The molecule has 0 spiro atoms. The van der Waals surface area contributed by atoms with Crippen molar-refractivity contribution in [2.24, 2.45) is 0 Å². The van der Waals surface area contributed by atoms with Gasteiger partial charge in [0.2, 0.25) is 0 Å². The van der Waals surface area contributed by atoms with E-state index >= 15 is 0 Å². The van der Waals surface area contributed by atoms with E-state index in [1.807, 2.05) is 32.9 Å². The van der Waals surface area contributed by atoms with Crippen LogP contribution in [-0.2, 0) is 17.9 Å². The van der Waals surface area contributed by atoms with E-state index in [0.29, 0.717) is 6.54 Å². The Morgan fingerprint density at radius 3 is 2.60 bits per heavy atom. The SMILES string of the molecule is CC(C)(C)[S+]([O-])NCc1ccc(Br)cn1. The van der Waals surface area contributed by atoms with E-state index in [0.717, 1.165) is 10.2 Å². The van der Waals surface area contributed by atoms with Crippen LogP contribution in [0.1, 0.15) is 26.5 Å². The number of nitrogens with one attached hydrogen (secondary N) is 1. The van der Waals surface area contributed by atoms with Gasteiger partial charge >= 0.3 is 0 Å². The normalized spacial score (nSPS) is 13.9. The molecule has 1 atom stereocenters. The lowest BCUT2D eigenvalue weighted by Gasteiger charge is -2.23. The molecule has 0 aliphatic carbocycles. The van der Waals surface area contributed by atoms with Gasteiger partial charge in [0, 0.05) is 22.0 Å². The summed E-state index contributed by atoms with van der Waals surface area (Å²) in [6, 6.07) is 3.82. The summed E-state index contributed by atoms with van der Waals surface area (Å²) in [6.07, 6.45) is 1.73. The van der Waals surface area contributed by atoms with Crippen molar-refractivity contribution < 1.29 is 4.55 Å². The minimum atomic E-state index is -1.04. The van der Waals surface area contributed by atoms with Crippen molar-refractivity contribution in [3.8, 4) is 0 Å². The molecule has 15 heavy (non-hydrogen) atoms. The molecule has 0 saturated heterocycles. The first kappa shape index (κ1) is 13.0. The smallest absolute Gasteiger partial charge is 0.136 e. The predicted molar refractivity (Wildman–Crippen MR) is 66.7 cm³/mol. The highest BCUT2D eigenvalue weighted by Gasteiger charge is 2.25. The van der Waals surface area contributed by atoms with Crippen LogP contribution in [0.25, 0.3) is 0 Å². The Hall–Kier alpha value is -0.100. The molecule has 0 amide bonds. The van der Waals surface area contributed by atoms with E-state index < -0.39 is 11.4 Å². The third-order valence-corrected chi connectivity index (χ3v) is 3.72. The molecule has 84 valence electrons. The van der Waals surface area contributed by atoms with Crippen molar-refractivity contribution in [2.45, 2.75) is 32.1 Å². The van der Waals surface area contributed by atoms with Gasteiger partial charge in [-0.05, 0) is 48.8 Å². The highest BCUT2D eigenvalue weighted by molar-refractivity contribution is 9.10. The van der Waals surface area contributed by atoms with Gasteiger partial charge in [-0.15, -0.1) is 4.72 Å². The zero-order chi connectivity index (χ0) is 11.5. The lowest BCUT2D eigenvalue weighted by atomic mass is 10.3. The van der Waals surface area contributed by atoms with Gasteiger partial charge in [0.25, 0.3) is 0 Å². The Bertz CT molecular complexity index is 310. The van der Waals surface area contributed by atoms with Crippen LogP contribution in [0.4, 0.5) is 0 Å². The van der Waals surface area contributed by atoms with Crippen molar-refractivity contribution in [2.75, 3.05) is 0 Å². The molecule has 1 aromatic heterocycles. The Labute approximate surface area is 102 Å². The topological polar surface area (TPSA) is 48.0 Å². The molecule has 1 heterocycles. The third kappa shape index (κ3) is 4.51. The van der Waals surface area contributed by atoms with Crippen molar-refractivity contribution in [1.29, 1.82) is 0 Å². The van der Waals surface area contributed by atoms with Gasteiger partial charge in [-0.2, -0.15) is 0 Å². The van der Waals surface area contributed by atoms with E-state index in [1.54, 1.807) is 6.20 Å². The number of aromatic nitrogens is 1. The number of nitrogens with zero attached hydrogens (tertiary/aromatic N) is 1. The van der Waals surface area contributed by atoms with E-state index in [1.165, 1.54) is 0 Å². The van der Waals surface area contributed by atoms with Gasteiger partial charge in [-0.3, -0.25) is 4.98 Å². The summed E-state index contributed by atoms with van der Waals surface area (Å²) in [4.78, 5) is 4.19. The lowest BCUT2D eigenvalue weighted by molar-refractivity contribution is 0.543. The summed E-state index contributed by atoms with van der Waals surface area (Å²) in [7, 11) is 0. The molecule has 0 aromatic carbocycles. The molecule has 0 saturated carbocycles.